The first-order chi connectivity index (χ1) is 9.83. The Morgan fingerprint density at radius 1 is 1.10 bits per heavy atom. The third-order valence-electron chi connectivity index (χ3n) is 2.83. The summed E-state index contributed by atoms with van der Waals surface area (Å²) in [6, 6.07) is 9.41. The quantitative estimate of drug-likeness (QED) is 0.678. The number of carbonyl (C=O) groups excluding carboxylic acids is 1. The van der Waals surface area contributed by atoms with Crippen LogP contribution in [-0.4, -0.2) is 20.7 Å². The van der Waals surface area contributed by atoms with Crippen LogP contribution in [0, 0.1) is 0 Å². The third kappa shape index (κ3) is 2.61. The molecule has 0 bridgehead atoms. The fourth-order valence-corrected chi connectivity index (χ4v) is 1.82. The van der Waals surface area contributed by atoms with Crippen LogP contribution in [0.2, 0.25) is 0 Å². The number of pyridine rings is 2. The SMILES string of the molecule is O=C(Cc1ccc(-c2ccccn2)cn1)c1cnco1. The zero-order chi connectivity index (χ0) is 13.8. The molecule has 0 atom stereocenters. The average molecular weight is 265 g/mol. The number of hydrogen-bond donors (Lipinski definition) is 0. The molecule has 0 saturated carbocycles. The first-order valence-electron chi connectivity index (χ1n) is 6.11. The van der Waals surface area contributed by atoms with Gasteiger partial charge < -0.3 is 4.42 Å². The minimum atomic E-state index is -0.138. The van der Waals surface area contributed by atoms with Crippen LogP contribution in [0.3, 0.4) is 0 Å². The fraction of sp³-hybridized carbons (Fsp3) is 0.0667. The van der Waals surface area contributed by atoms with Gasteiger partial charge in [0.1, 0.15) is 0 Å². The Labute approximate surface area is 115 Å². The molecule has 0 amide bonds. The molecule has 0 N–H and O–H groups in total. The smallest absolute Gasteiger partial charge is 0.205 e. The van der Waals surface area contributed by atoms with Crippen molar-refractivity contribution in [3.63, 3.8) is 0 Å². The van der Waals surface area contributed by atoms with E-state index in [4.69, 9.17) is 4.42 Å². The van der Waals surface area contributed by atoms with Crippen molar-refractivity contribution in [2.45, 2.75) is 6.42 Å². The van der Waals surface area contributed by atoms with Crippen molar-refractivity contribution in [1.29, 1.82) is 0 Å². The van der Waals surface area contributed by atoms with Gasteiger partial charge in [-0.15, -0.1) is 0 Å². The van der Waals surface area contributed by atoms with E-state index < -0.39 is 0 Å². The first-order valence-corrected chi connectivity index (χ1v) is 6.11. The molecule has 0 spiro atoms. The molecule has 3 aromatic rings. The van der Waals surface area contributed by atoms with Crippen molar-refractivity contribution >= 4 is 5.78 Å². The third-order valence-corrected chi connectivity index (χ3v) is 2.83. The maximum absolute atomic E-state index is 11.8. The Morgan fingerprint density at radius 2 is 2.05 bits per heavy atom. The van der Waals surface area contributed by atoms with Crippen molar-refractivity contribution in [3.8, 4) is 11.3 Å². The normalized spacial score (nSPS) is 10.4. The molecule has 98 valence electrons. The number of ketones is 1. The second-order valence-corrected chi connectivity index (χ2v) is 4.22. The summed E-state index contributed by atoms with van der Waals surface area (Å²) in [5, 5.41) is 0. The summed E-state index contributed by atoms with van der Waals surface area (Å²) in [7, 11) is 0. The fourth-order valence-electron chi connectivity index (χ4n) is 1.82. The van der Waals surface area contributed by atoms with Gasteiger partial charge in [-0.2, -0.15) is 0 Å². The maximum atomic E-state index is 11.8. The van der Waals surface area contributed by atoms with Crippen molar-refractivity contribution in [2.24, 2.45) is 0 Å². The zero-order valence-electron chi connectivity index (χ0n) is 10.6. The Hall–Kier alpha value is -2.82. The highest BCUT2D eigenvalue weighted by Crippen LogP contribution is 2.15. The molecule has 0 aromatic carbocycles. The van der Waals surface area contributed by atoms with Crippen molar-refractivity contribution in [2.75, 3.05) is 0 Å². The van der Waals surface area contributed by atoms with Crippen LogP contribution < -0.4 is 0 Å². The van der Waals surface area contributed by atoms with Crippen LogP contribution in [0.1, 0.15) is 16.2 Å². The predicted octanol–water partition coefficient (Wildman–Crippen LogP) is 2.56. The lowest BCUT2D eigenvalue weighted by Crippen LogP contribution is -2.03. The van der Waals surface area contributed by atoms with Gasteiger partial charge in [-0.05, 0) is 24.3 Å². The van der Waals surface area contributed by atoms with Crippen LogP contribution in [-0.2, 0) is 6.42 Å². The molecule has 0 aliphatic carbocycles. The molecule has 0 radical (unpaired) electrons. The minimum Gasteiger partial charge on any atom is -0.440 e. The summed E-state index contributed by atoms with van der Waals surface area (Å²) >= 11 is 0. The minimum absolute atomic E-state index is 0.138. The van der Waals surface area contributed by atoms with Crippen LogP contribution in [0.5, 0.6) is 0 Å². The molecule has 0 aliphatic rings. The molecule has 0 fully saturated rings. The van der Waals surface area contributed by atoms with E-state index in [0.29, 0.717) is 5.69 Å². The summed E-state index contributed by atoms with van der Waals surface area (Å²) in [5.41, 5.74) is 2.46. The molecular formula is C15H11N3O2. The van der Waals surface area contributed by atoms with Gasteiger partial charge in [0.25, 0.3) is 0 Å². The van der Waals surface area contributed by atoms with Gasteiger partial charge >= 0.3 is 0 Å². The summed E-state index contributed by atoms with van der Waals surface area (Å²) in [5.74, 6) is 0.112. The number of nitrogens with zero attached hydrogens (tertiary/aromatic N) is 3. The number of carbonyl (C=O) groups is 1. The van der Waals surface area contributed by atoms with E-state index in [9.17, 15) is 4.79 Å². The molecular weight excluding hydrogens is 254 g/mol. The number of oxazole rings is 1. The van der Waals surface area contributed by atoms with Crippen molar-refractivity contribution < 1.29 is 9.21 Å². The molecule has 3 heterocycles. The molecule has 0 unspecified atom stereocenters. The van der Waals surface area contributed by atoms with Gasteiger partial charge in [0, 0.05) is 23.7 Å². The lowest BCUT2D eigenvalue weighted by molar-refractivity contribution is 0.0965. The second-order valence-electron chi connectivity index (χ2n) is 4.22. The van der Waals surface area contributed by atoms with E-state index in [2.05, 4.69) is 15.0 Å². The average Bonchev–Trinajstić information content (AvgIpc) is 3.03. The lowest BCUT2D eigenvalue weighted by Gasteiger charge is -2.02. The van der Waals surface area contributed by atoms with Gasteiger partial charge in [0.2, 0.25) is 5.78 Å². The number of rotatable bonds is 4. The van der Waals surface area contributed by atoms with Gasteiger partial charge in [0.15, 0.2) is 12.2 Å². The molecule has 0 aliphatic heterocycles. The van der Waals surface area contributed by atoms with Crippen molar-refractivity contribution in [3.05, 3.63) is 66.8 Å². The van der Waals surface area contributed by atoms with Gasteiger partial charge in [0.05, 0.1) is 18.3 Å². The highest BCUT2D eigenvalue weighted by Gasteiger charge is 2.11. The molecule has 5 nitrogen and oxygen atoms in total. The van der Waals surface area contributed by atoms with Crippen LogP contribution in [0.25, 0.3) is 11.3 Å². The number of hydrogen-bond acceptors (Lipinski definition) is 5. The second kappa shape index (κ2) is 5.44. The molecule has 3 aromatic heterocycles. The highest BCUT2D eigenvalue weighted by molar-refractivity contribution is 5.94. The topological polar surface area (TPSA) is 68.9 Å². The molecule has 20 heavy (non-hydrogen) atoms. The van der Waals surface area contributed by atoms with E-state index in [0.717, 1.165) is 11.3 Å². The number of aromatic nitrogens is 3. The molecule has 5 heteroatoms. The number of Topliss-reactive ketones (excluding diaryl/α,β-unsaturated/α-hetero) is 1. The lowest BCUT2D eigenvalue weighted by atomic mass is 10.1. The monoisotopic (exact) mass is 265 g/mol. The van der Waals surface area contributed by atoms with Crippen LogP contribution in [0.15, 0.2) is 59.7 Å². The van der Waals surface area contributed by atoms with E-state index in [1.807, 2.05) is 30.3 Å². The first kappa shape index (κ1) is 12.2. The van der Waals surface area contributed by atoms with E-state index in [1.165, 1.54) is 12.6 Å². The Bertz CT molecular complexity index is 692. The predicted molar refractivity (Wildman–Crippen MR) is 72.0 cm³/mol. The molecule has 0 saturated heterocycles. The Balaban J connectivity index is 1.75. The van der Waals surface area contributed by atoms with E-state index in [-0.39, 0.29) is 18.0 Å². The van der Waals surface area contributed by atoms with Gasteiger partial charge in [-0.1, -0.05) is 6.07 Å². The maximum Gasteiger partial charge on any atom is 0.205 e. The van der Waals surface area contributed by atoms with Gasteiger partial charge in [-0.25, -0.2) is 4.98 Å². The summed E-state index contributed by atoms with van der Waals surface area (Å²) in [6.07, 6.45) is 6.29. The van der Waals surface area contributed by atoms with Crippen LogP contribution >= 0.6 is 0 Å². The Kier molecular flexibility index (Phi) is 3.33. The van der Waals surface area contributed by atoms with E-state index in [1.54, 1.807) is 12.4 Å². The van der Waals surface area contributed by atoms with E-state index >= 15 is 0 Å². The summed E-state index contributed by atoms with van der Waals surface area (Å²) in [4.78, 5) is 24.1. The largest absolute Gasteiger partial charge is 0.440 e. The van der Waals surface area contributed by atoms with Crippen molar-refractivity contribution in [1.82, 2.24) is 15.0 Å². The van der Waals surface area contributed by atoms with Gasteiger partial charge in [-0.3, -0.25) is 14.8 Å². The van der Waals surface area contributed by atoms with Crippen LogP contribution in [0.4, 0.5) is 0 Å². The molecule has 3 rings (SSSR count). The zero-order valence-corrected chi connectivity index (χ0v) is 10.6. The highest BCUT2D eigenvalue weighted by atomic mass is 16.3. The summed E-state index contributed by atoms with van der Waals surface area (Å²) < 4.78 is 4.96. The summed E-state index contributed by atoms with van der Waals surface area (Å²) in [6.45, 7) is 0. The Morgan fingerprint density at radius 3 is 2.70 bits per heavy atom. The standard InChI is InChI=1S/C15H11N3O2/c19-14(15-9-16-10-20-15)7-12-5-4-11(8-18-12)13-3-1-2-6-17-13/h1-6,8-10H,7H2.